The number of nitrogens with zero attached hydrogens (tertiary/aromatic N) is 1. The van der Waals surface area contributed by atoms with E-state index in [0.29, 0.717) is 11.7 Å². The fourth-order valence-corrected chi connectivity index (χ4v) is 1.28. The van der Waals surface area contributed by atoms with Gasteiger partial charge in [-0.25, -0.2) is 4.98 Å². The van der Waals surface area contributed by atoms with Crippen molar-refractivity contribution in [1.82, 2.24) is 4.98 Å². The van der Waals surface area contributed by atoms with E-state index in [1.54, 1.807) is 12.3 Å². The summed E-state index contributed by atoms with van der Waals surface area (Å²) in [5, 5.41) is 12.1. The van der Waals surface area contributed by atoms with Crippen LogP contribution in [0.1, 0.15) is 19.8 Å². The molecule has 1 aromatic heterocycles. The largest absolute Gasteiger partial charge is 0.396 e. The molecule has 4 N–H and O–H groups in total. The van der Waals surface area contributed by atoms with Crippen molar-refractivity contribution in [2.24, 2.45) is 5.92 Å². The van der Waals surface area contributed by atoms with Crippen LogP contribution in [0.4, 0.5) is 11.5 Å². The van der Waals surface area contributed by atoms with Gasteiger partial charge in [-0.1, -0.05) is 6.92 Å². The Labute approximate surface area is 90.5 Å². The number of aliphatic hydroxyl groups excluding tert-OH is 1. The highest BCUT2D eigenvalue weighted by Crippen LogP contribution is 2.08. The standard InChI is InChI=1S/C11H19N3O/c1-9(8-15)3-2-6-13-10-4-5-11(12)14-7-10/h4-5,7,9,13,15H,2-3,6,8H2,1H3,(H2,12,14). The highest BCUT2D eigenvalue weighted by Gasteiger charge is 1.99. The molecule has 15 heavy (non-hydrogen) atoms. The Morgan fingerprint density at radius 3 is 2.93 bits per heavy atom. The van der Waals surface area contributed by atoms with E-state index in [1.165, 1.54) is 0 Å². The number of anilines is 2. The van der Waals surface area contributed by atoms with E-state index in [1.807, 2.05) is 13.0 Å². The molecule has 0 fully saturated rings. The van der Waals surface area contributed by atoms with Crippen molar-refractivity contribution in [3.8, 4) is 0 Å². The average molecular weight is 209 g/mol. The summed E-state index contributed by atoms with van der Waals surface area (Å²) >= 11 is 0. The zero-order valence-corrected chi connectivity index (χ0v) is 9.11. The molecule has 0 bridgehead atoms. The molecule has 1 rings (SSSR count). The molecule has 0 amide bonds. The molecular formula is C11H19N3O. The van der Waals surface area contributed by atoms with E-state index in [2.05, 4.69) is 10.3 Å². The van der Waals surface area contributed by atoms with Gasteiger partial charge in [0.1, 0.15) is 5.82 Å². The normalized spacial score (nSPS) is 12.4. The van der Waals surface area contributed by atoms with Gasteiger partial charge < -0.3 is 16.2 Å². The molecule has 0 saturated carbocycles. The lowest BCUT2D eigenvalue weighted by Gasteiger charge is -2.09. The number of aliphatic hydroxyl groups is 1. The smallest absolute Gasteiger partial charge is 0.123 e. The van der Waals surface area contributed by atoms with Gasteiger partial charge in [0.15, 0.2) is 0 Å². The van der Waals surface area contributed by atoms with Gasteiger partial charge >= 0.3 is 0 Å². The maximum absolute atomic E-state index is 8.84. The van der Waals surface area contributed by atoms with Crippen LogP contribution in [-0.4, -0.2) is 23.2 Å². The molecule has 0 aliphatic carbocycles. The van der Waals surface area contributed by atoms with Crippen LogP contribution in [-0.2, 0) is 0 Å². The number of hydrogen-bond acceptors (Lipinski definition) is 4. The molecule has 1 aromatic rings. The van der Waals surface area contributed by atoms with Crippen LogP contribution in [0.5, 0.6) is 0 Å². The first-order valence-electron chi connectivity index (χ1n) is 5.28. The number of nitrogens with two attached hydrogens (primary N) is 1. The van der Waals surface area contributed by atoms with Gasteiger partial charge in [-0.05, 0) is 30.9 Å². The fourth-order valence-electron chi connectivity index (χ4n) is 1.28. The zero-order valence-electron chi connectivity index (χ0n) is 9.11. The van der Waals surface area contributed by atoms with Crippen molar-refractivity contribution in [3.05, 3.63) is 18.3 Å². The predicted octanol–water partition coefficient (Wildman–Crippen LogP) is 1.48. The van der Waals surface area contributed by atoms with Crippen LogP contribution < -0.4 is 11.1 Å². The number of nitrogen functional groups attached to an aromatic ring is 1. The van der Waals surface area contributed by atoms with E-state index in [0.717, 1.165) is 25.1 Å². The quantitative estimate of drug-likeness (QED) is 0.621. The van der Waals surface area contributed by atoms with Gasteiger partial charge in [-0.15, -0.1) is 0 Å². The first-order valence-corrected chi connectivity index (χ1v) is 5.28. The molecule has 1 atom stereocenters. The number of pyridine rings is 1. The third kappa shape index (κ3) is 4.65. The number of rotatable bonds is 6. The minimum Gasteiger partial charge on any atom is -0.396 e. The van der Waals surface area contributed by atoms with Crippen molar-refractivity contribution in [3.63, 3.8) is 0 Å². The van der Waals surface area contributed by atoms with Gasteiger partial charge in [0.25, 0.3) is 0 Å². The van der Waals surface area contributed by atoms with Gasteiger partial charge in [0.2, 0.25) is 0 Å². The second-order valence-electron chi connectivity index (χ2n) is 3.83. The predicted molar refractivity (Wildman–Crippen MR) is 62.6 cm³/mol. The van der Waals surface area contributed by atoms with Crippen molar-refractivity contribution in [1.29, 1.82) is 0 Å². The molecule has 4 nitrogen and oxygen atoms in total. The first-order chi connectivity index (χ1) is 7.22. The SMILES string of the molecule is CC(CO)CCCNc1ccc(N)nc1. The molecule has 1 heterocycles. The van der Waals surface area contributed by atoms with Crippen LogP contribution in [0.25, 0.3) is 0 Å². The Morgan fingerprint density at radius 2 is 2.33 bits per heavy atom. The Hall–Kier alpha value is -1.29. The molecule has 0 spiro atoms. The van der Waals surface area contributed by atoms with E-state index >= 15 is 0 Å². The third-order valence-corrected chi connectivity index (χ3v) is 2.30. The summed E-state index contributed by atoms with van der Waals surface area (Å²) in [7, 11) is 0. The Morgan fingerprint density at radius 1 is 1.53 bits per heavy atom. The lowest BCUT2D eigenvalue weighted by molar-refractivity contribution is 0.229. The van der Waals surface area contributed by atoms with E-state index in [9.17, 15) is 0 Å². The second-order valence-corrected chi connectivity index (χ2v) is 3.83. The van der Waals surface area contributed by atoms with Crippen molar-refractivity contribution in [2.75, 3.05) is 24.2 Å². The molecule has 84 valence electrons. The third-order valence-electron chi connectivity index (χ3n) is 2.30. The van der Waals surface area contributed by atoms with Crippen molar-refractivity contribution < 1.29 is 5.11 Å². The van der Waals surface area contributed by atoms with Crippen molar-refractivity contribution in [2.45, 2.75) is 19.8 Å². The molecule has 4 heteroatoms. The maximum atomic E-state index is 8.84. The van der Waals surface area contributed by atoms with Crippen LogP contribution >= 0.6 is 0 Å². The summed E-state index contributed by atoms with van der Waals surface area (Å²) in [4.78, 5) is 3.98. The van der Waals surface area contributed by atoms with Crippen molar-refractivity contribution >= 4 is 11.5 Å². The Kier molecular flexibility index (Phi) is 4.90. The molecular weight excluding hydrogens is 190 g/mol. The highest BCUT2D eigenvalue weighted by molar-refractivity contribution is 5.45. The molecule has 1 unspecified atom stereocenters. The molecule has 0 radical (unpaired) electrons. The van der Waals surface area contributed by atoms with E-state index in [4.69, 9.17) is 10.8 Å². The number of aromatic nitrogens is 1. The summed E-state index contributed by atoms with van der Waals surface area (Å²) in [6, 6.07) is 3.69. The van der Waals surface area contributed by atoms with Crippen LogP contribution in [0.3, 0.4) is 0 Å². The molecule has 0 saturated heterocycles. The Balaban J connectivity index is 2.17. The summed E-state index contributed by atoms with van der Waals surface area (Å²) in [6.45, 7) is 3.21. The number of hydrogen-bond donors (Lipinski definition) is 3. The fraction of sp³-hybridized carbons (Fsp3) is 0.545. The minimum absolute atomic E-state index is 0.267. The highest BCUT2D eigenvalue weighted by atomic mass is 16.3. The average Bonchev–Trinajstić information content (AvgIpc) is 2.26. The second kappa shape index (κ2) is 6.24. The number of nitrogens with one attached hydrogen (secondary N) is 1. The Bertz CT molecular complexity index is 274. The van der Waals surface area contributed by atoms with Crippen LogP contribution in [0, 0.1) is 5.92 Å². The minimum atomic E-state index is 0.267. The van der Waals surface area contributed by atoms with Gasteiger partial charge in [0, 0.05) is 13.2 Å². The summed E-state index contributed by atoms with van der Waals surface area (Å²) < 4.78 is 0. The molecule has 0 aliphatic heterocycles. The van der Waals surface area contributed by atoms with E-state index in [-0.39, 0.29) is 6.61 Å². The summed E-state index contributed by atoms with van der Waals surface area (Å²) in [5.41, 5.74) is 6.46. The monoisotopic (exact) mass is 209 g/mol. The van der Waals surface area contributed by atoms with Crippen LogP contribution in [0.2, 0.25) is 0 Å². The topological polar surface area (TPSA) is 71.2 Å². The van der Waals surface area contributed by atoms with E-state index < -0.39 is 0 Å². The lowest BCUT2D eigenvalue weighted by atomic mass is 10.1. The van der Waals surface area contributed by atoms with Gasteiger partial charge in [-0.3, -0.25) is 0 Å². The van der Waals surface area contributed by atoms with Gasteiger partial charge in [0.05, 0.1) is 11.9 Å². The molecule has 0 aromatic carbocycles. The summed E-state index contributed by atoms with van der Waals surface area (Å²) in [5.74, 6) is 0.922. The molecule has 0 aliphatic rings. The lowest BCUT2D eigenvalue weighted by Crippen LogP contribution is -2.06. The maximum Gasteiger partial charge on any atom is 0.123 e. The first kappa shape index (κ1) is 11.8. The summed E-state index contributed by atoms with van der Waals surface area (Å²) in [6.07, 6.45) is 3.81. The van der Waals surface area contributed by atoms with Crippen LogP contribution in [0.15, 0.2) is 18.3 Å². The van der Waals surface area contributed by atoms with Gasteiger partial charge in [-0.2, -0.15) is 0 Å². The zero-order chi connectivity index (χ0) is 11.1.